The topological polar surface area (TPSA) is 50.1 Å². The number of nitrogens with zero attached hydrogens (tertiary/aromatic N) is 1. The van der Waals surface area contributed by atoms with Crippen LogP contribution in [0.5, 0.6) is 0 Å². The van der Waals surface area contributed by atoms with Crippen molar-refractivity contribution < 1.29 is 13.9 Å². The number of carbonyl (C=O) groups excluding carboxylic acids is 1. The zero-order valence-corrected chi connectivity index (χ0v) is 9.21. The van der Waals surface area contributed by atoms with Gasteiger partial charge in [-0.3, -0.25) is 0 Å². The highest BCUT2D eigenvalue weighted by atomic mass is 19.1. The molecule has 0 atom stereocenters. The molecule has 3 nitrogen and oxygen atoms in total. The molecule has 84 valence electrons. The van der Waals surface area contributed by atoms with Crippen LogP contribution in [0.25, 0.3) is 0 Å². The van der Waals surface area contributed by atoms with E-state index in [0.29, 0.717) is 12.0 Å². The smallest absolute Gasteiger partial charge is 0.338 e. The Balaban J connectivity index is 3.32. The molecule has 1 rings (SSSR count). The molecule has 1 aromatic carbocycles. The predicted molar refractivity (Wildman–Crippen MR) is 56.4 cm³/mol. The fraction of sp³-hybridized carbons (Fsp3) is 0.333. The lowest BCUT2D eigenvalue weighted by atomic mass is 9.99. The molecule has 0 fully saturated rings. The molecule has 0 aliphatic heterocycles. The number of hydrogen-bond acceptors (Lipinski definition) is 3. The maximum absolute atomic E-state index is 13.2. The Labute approximate surface area is 93.5 Å². The van der Waals surface area contributed by atoms with Crippen molar-refractivity contribution in [3.8, 4) is 6.07 Å². The molecule has 0 unspecified atom stereocenters. The van der Waals surface area contributed by atoms with Gasteiger partial charge in [0.25, 0.3) is 0 Å². The number of carbonyl (C=O) groups is 1. The number of ether oxygens (including phenoxy) is 1. The molecule has 0 radical (unpaired) electrons. The second-order valence-corrected chi connectivity index (χ2v) is 3.17. The van der Waals surface area contributed by atoms with Crippen LogP contribution in [0.1, 0.15) is 35.3 Å². The highest BCUT2D eigenvalue weighted by Gasteiger charge is 2.16. The van der Waals surface area contributed by atoms with E-state index >= 15 is 0 Å². The Morgan fingerprint density at radius 3 is 2.69 bits per heavy atom. The first kappa shape index (κ1) is 12.2. The molecular formula is C12H12FNO2. The minimum absolute atomic E-state index is 0.140. The minimum atomic E-state index is -0.600. The summed E-state index contributed by atoms with van der Waals surface area (Å²) in [5.41, 5.74) is 0.855. The van der Waals surface area contributed by atoms with Crippen molar-refractivity contribution in [2.75, 3.05) is 6.61 Å². The standard InChI is InChI=1S/C12H12FNO2/c1-3-10-8(7-14)5-9(13)6-11(10)12(15)16-4-2/h5-6H,3-4H2,1-2H3. The number of benzene rings is 1. The fourth-order valence-corrected chi connectivity index (χ4v) is 1.51. The van der Waals surface area contributed by atoms with E-state index in [9.17, 15) is 9.18 Å². The maximum atomic E-state index is 13.2. The highest BCUT2D eigenvalue weighted by Crippen LogP contribution is 2.18. The Hall–Kier alpha value is -1.89. The summed E-state index contributed by atoms with van der Waals surface area (Å²) in [4.78, 5) is 11.5. The monoisotopic (exact) mass is 221 g/mol. The van der Waals surface area contributed by atoms with E-state index in [-0.39, 0.29) is 17.7 Å². The molecule has 0 aromatic heterocycles. The molecule has 0 aliphatic carbocycles. The molecule has 16 heavy (non-hydrogen) atoms. The van der Waals surface area contributed by atoms with Crippen molar-refractivity contribution in [1.29, 1.82) is 5.26 Å². The second-order valence-electron chi connectivity index (χ2n) is 3.17. The van der Waals surface area contributed by atoms with Gasteiger partial charge in [-0.2, -0.15) is 5.26 Å². The van der Waals surface area contributed by atoms with E-state index in [0.717, 1.165) is 12.1 Å². The van der Waals surface area contributed by atoms with Gasteiger partial charge in [-0.1, -0.05) is 6.92 Å². The Kier molecular flexibility index (Phi) is 4.01. The van der Waals surface area contributed by atoms with Gasteiger partial charge >= 0.3 is 5.97 Å². The van der Waals surface area contributed by atoms with E-state index in [1.165, 1.54) is 0 Å². The lowest BCUT2D eigenvalue weighted by Gasteiger charge is -2.08. The van der Waals surface area contributed by atoms with Crippen LogP contribution in [0.15, 0.2) is 12.1 Å². The molecule has 0 heterocycles. The third-order valence-electron chi connectivity index (χ3n) is 2.18. The van der Waals surface area contributed by atoms with Crippen LogP contribution in [0, 0.1) is 17.1 Å². The van der Waals surface area contributed by atoms with Gasteiger partial charge in [0.1, 0.15) is 5.82 Å². The summed E-state index contributed by atoms with van der Waals surface area (Å²) in [7, 11) is 0. The Bertz CT molecular complexity index is 449. The molecule has 0 saturated heterocycles. The lowest BCUT2D eigenvalue weighted by Crippen LogP contribution is -2.10. The third-order valence-corrected chi connectivity index (χ3v) is 2.18. The number of nitriles is 1. The average Bonchev–Trinajstić information content (AvgIpc) is 2.28. The van der Waals surface area contributed by atoms with Gasteiger partial charge in [-0.25, -0.2) is 9.18 Å². The van der Waals surface area contributed by atoms with E-state index in [4.69, 9.17) is 10.00 Å². The summed E-state index contributed by atoms with van der Waals surface area (Å²) in [6, 6.07) is 4.11. The van der Waals surface area contributed by atoms with Crippen molar-refractivity contribution in [3.63, 3.8) is 0 Å². The van der Waals surface area contributed by atoms with Gasteiger partial charge < -0.3 is 4.74 Å². The van der Waals surface area contributed by atoms with Crippen molar-refractivity contribution in [2.45, 2.75) is 20.3 Å². The molecule has 0 N–H and O–H groups in total. The number of esters is 1. The minimum Gasteiger partial charge on any atom is -0.462 e. The summed E-state index contributed by atoms with van der Waals surface area (Å²) in [6.45, 7) is 3.70. The van der Waals surface area contributed by atoms with Gasteiger partial charge in [0.15, 0.2) is 0 Å². The van der Waals surface area contributed by atoms with Gasteiger partial charge in [0, 0.05) is 0 Å². The molecule has 0 saturated carbocycles. The average molecular weight is 221 g/mol. The third kappa shape index (κ3) is 2.37. The summed E-state index contributed by atoms with van der Waals surface area (Å²) in [5, 5.41) is 8.84. The largest absolute Gasteiger partial charge is 0.462 e. The van der Waals surface area contributed by atoms with Crippen LogP contribution < -0.4 is 0 Å². The highest BCUT2D eigenvalue weighted by molar-refractivity contribution is 5.91. The molecule has 4 heteroatoms. The van der Waals surface area contributed by atoms with Gasteiger partial charge in [-0.15, -0.1) is 0 Å². The van der Waals surface area contributed by atoms with Crippen LogP contribution in [0.2, 0.25) is 0 Å². The maximum Gasteiger partial charge on any atom is 0.338 e. The van der Waals surface area contributed by atoms with Crippen LogP contribution in [0.3, 0.4) is 0 Å². The van der Waals surface area contributed by atoms with Crippen LogP contribution in [-0.2, 0) is 11.2 Å². The normalized spacial score (nSPS) is 9.62. The molecule has 0 aliphatic rings. The Morgan fingerprint density at radius 1 is 1.50 bits per heavy atom. The second kappa shape index (κ2) is 5.26. The fourth-order valence-electron chi connectivity index (χ4n) is 1.51. The molecule has 1 aromatic rings. The first-order valence-electron chi connectivity index (χ1n) is 5.03. The summed E-state index contributed by atoms with van der Waals surface area (Å²) >= 11 is 0. The van der Waals surface area contributed by atoms with E-state index < -0.39 is 11.8 Å². The van der Waals surface area contributed by atoms with Crippen LogP contribution in [0.4, 0.5) is 4.39 Å². The molecule has 0 amide bonds. The Morgan fingerprint density at radius 2 is 2.19 bits per heavy atom. The van der Waals surface area contributed by atoms with Crippen molar-refractivity contribution in [2.24, 2.45) is 0 Å². The van der Waals surface area contributed by atoms with E-state index in [2.05, 4.69) is 0 Å². The number of rotatable bonds is 3. The van der Waals surface area contributed by atoms with Gasteiger partial charge in [0.05, 0.1) is 23.8 Å². The lowest BCUT2D eigenvalue weighted by molar-refractivity contribution is 0.0524. The van der Waals surface area contributed by atoms with Crippen LogP contribution in [-0.4, -0.2) is 12.6 Å². The number of halogens is 1. The quantitative estimate of drug-likeness (QED) is 0.736. The summed E-state index contributed by atoms with van der Waals surface area (Å²) < 4.78 is 18.0. The SMILES string of the molecule is CCOC(=O)c1cc(F)cc(C#N)c1CC. The van der Waals surface area contributed by atoms with Crippen molar-refractivity contribution >= 4 is 5.97 Å². The zero-order valence-electron chi connectivity index (χ0n) is 9.21. The first-order valence-corrected chi connectivity index (χ1v) is 5.03. The molecule has 0 bridgehead atoms. The molecular weight excluding hydrogens is 209 g/mol. The predicted octanol–water partition coefficient (Wildman–Crippen LogP) is 2.44. The zero-order chi connectivity index (χ0) is 12.1. The van der Waals surface area contributed by atoms with Crippen LogP contribution >= 0.6 is 0 Å². The van der Waals surface area contributed by atoms with Crippen molar-refractivity contribution in [1.82, 2.24) is 0 Å². The molecule has 0 spiro atoms. The van der Waals surface area contributed by atoms with Gasteiger partial charge in [0.2, 0.25) is 0 Å². The summed E-state index contributed by atoms with van der Waals surface area (Å²) in [6.07, 6.45) is 0.483. The van der Waals surface area contributed by atoms with Crippen molar-refractivity contribution in [3.05, 3.63) is 34.6 Å². The van der Waals surface area contributed by atoms with E-state index in [1.807, 2.05) is 6.07 Å². The summed E-state index contributed by atoms with van der Waals surface area (Å²) in [5.74, 6) is -1.19. The van der Waals surface area contributed by atoms with E-state index in [1.54, 1.807) is 13.8 Å². The van der Waals surface area contributed by atoms with Gasteiger partial charge in [-0.05, 0) is 31.0 Å². The number of hydrogen-bond donors (Lipinski definition) is 0. The first-order chi connectivity index (χ1) is 7.63.